The Bertz CT molecular complexity index is 1130. The number of ketones is 1. The molecule has 0 aliphatic rings. The average molecular weight is 433 g/mol. The summed E-state index contributed by atoms with van der Waals surface area (Å²) in [6.45, 7) is 4.46. The van der Waals surface area contributed by atoms with E-state index >= 15 is 0 Å². The highest BCUT2D eigenvalue weighted by atomic mass is 16.5. The van der Waals surface area contributed by atoms with E-state index in [9.17, 15) is 4.79 Å². The predicted octanol–water partition coefficient (Wildman–Crippen LogP) is 5.80. The Balaban J connectivity index is 1.78. The monoisotopic (exact) mass is 432 g/mol. The molecule has 0 unspecified atom stereocenters. The highest BCUT2D eigenvalue weighted by Gasteiger charge is 2.10. The quantitative estimate of drug-likeness (QED) is 0.316. The molecule has 0 radical (unpaired) electrons. The van der Waals surface area contributed by atoms with Crippen LogP contribution in [0.2, 0.25) is 0 Å². The average Bonchev–Trinajstić information content (AvgIpc) is 2.82. The normalized spacial score (nSPS) is 10.8. The van der Waals surface area contributed by atoms with Crippen LogP contribution in [0, 0.1) is 13.8 Å². The first kappa shape index (κ1) is 22.9. The molecular weight excluding hydrogens is 404 g/mol. The molecule has 5 nitrogen and oxygen atoms in total. The molecule has 3 rings (SSSR count). The van der Waals surface area contributed by atoms with Crippen LogP contribution in [0.25, 0.3) is 6.08 Å². The zero-order valence-electron chi connectivity index (χ0n) is 19.1. The van der Waals surface area contributed by atoms with E-state index in [1.54, 1.807) is 51.7 Å². The van der Waals surface area contributed by atoms with Crippen molar-refractivity contribution in [3.8, 4) is 23.0 Å². The summed E-state index contributed by atoms with van der Waals surface area (Å²) in [7, 11) is 4.73. The van der Waals surface area contributed by atoms with Crippen molar-refractivity contribution in [3.05, 3.63) is 88.5 Å². The molecule has 0 heterocycles. The Morgan fingerprint density at radius 3 is 2.25 bits per heavy atom. The maximum atomic E-state index is 12.6. The molecule has 0 bridgehead atoms. The number of allylic oxidation sites excluding steroid dienone is 1. The number of ether oxygens (including phenoxy) is 4. The third-order valence-electron chi connectivity index (χ3n) is 5.34. The Morgan fingerprint density at radius 1 is 0.812 bits per heavy atom. The van der Waals surface area contributed by atoms with Crippen LogP contribution < -0.4 is 18.9 Å². The first-order valence-corrected chi connectivity index (χ1v) is 10.3. The minimum absolute atomic E-state index is 0.130. The number of hydrogen-bond donors (Lipinski definition) is 0. The van der Waals surface area contributed by atoms with Gasteiger partial charge in [0.15, 0.2) is 17.3 Å². The van der Waals surface area contributed by atoms with Crippen LogP contribution in [-0.4, -0.2) is 27.1 Å². The summed E-state index contributed by atoms with van der Waals surface area (Å²) in [5, 5.41) is 0. The van der Waals surface area contributed by atoms with Crippen molar-refractivity contribution in [3.63, 3.8) is 0 Å². The van der Waals surface area contributed by atoms with Gasteiger partial charge in [-0.15, -0.1) is 0 Å². The Hall–Kier alpha value is -3.73. The summed E-state index contributed by atoms with van der Waals surface area (Å²) < 4.78 is 22.0. The summed E-state index contributed by atoms with van der Waals surface area (Å²) in [4.78, 5) is 12.6. The molecule has 0 amide bonds. The summed E-state index contributed by atoms with van der Waals surface area (Å²) in [5.41, 5.74) is 4.59. The molecule has 0 aliphatic carbocycles. The lowest BCUT2D eigenvalue weighted by atomic mass is 10.1. The fourth-order valence-corrected chi connectivity index (χ4v) is 3.31. The molecule has 0 saturated heterocycles. The Labute approximate surface area is 189 Å². The topological polar surface area (TPSA) is 54.0 Å². The smallest absolute Gasteiger partial charge is 0.185 e. The molecule has 0 N–H and O–H groups in total. The van der Waals surface area contributed by atoms with Gasteiger partial charge in [0, 0.05) is 11.1 Å². The Morgan fingerprint density at radius 2 is 1.53 bits per heavy atom. The van der Waals surface area contributed by atoms with E-state index in [0.717, 1.165) is 28.2 Å². The van der Waals surface area contributed by atoms with E-state index in [1.165, 1.54) is 5.56 Å². The highest BCUT2D eigenvalue weighted by molar-refractivity contribution is 6.07. The minimum Gasteiger partial charge on any atom is -0.496 e. The van der Waals surface area contributed by atoms with Crippen LogP contribution >= 0.6 is 0 Å². The number of carbonyl (C=O) groups excluding carboxylic acids is 1. The van der Waals surface area contributed by atoms with Crippen molar-refractivity contribution >= 4 is 11.9 Å². The molecule has 166 valence electrons. The summed E-state index contributed by atoms with van der Waals surface area (Å²) in [6, 6.07) is 16.8. The van der Waals surface area contributed by atoms with E-state index < -0.39 is 0 Å². The van der Waals surface area contributed by atoms with Crippen molar-refractivity contribution in [2.45, 2.75) is 20.5 Å². The van der Waals surface area contributed by atoms with Gasteiger partial charge >= 0.3 is 0 Å². The van der Waals surface area contributed by atoms with Crippen LogP contribution in [0.5, 0.6) is 23.0 Å². The maximum absolute atomic E-state index is 12.6. The highest BCUT2D eigenvalue weighted by Crippen LogP contribution is 2.28. The van der Waals surface area contributed by atoms with Crippen molar-refractivity contribution in [1.82, 2.24) is 0 Å². The Kier molecular flexibility index (Phi) is 7.55. The third-order valence-corrected chi connectivity index (χ3v) is 5.34. The van der Waals surface area contributed by atoms with E-state index in [4.69, 9.17) is 18.9 Å². The van der Waals surface area contributed by atoms with Gasteiger partial charge in [0.05, 0.1) is 21.3 Å². The largest absolute Gasteiger partial charge is 0.496 e. The zero-order valence-corrected chi connectivity index (χ0v) is 19.1. The van der Waals surface area contributed by atoms with Crippen LogP contribution in [0.4, 0.5) is 0 Å². The van der Waals surface area contributed by atoms with E-state index in [0.29, 0.717) is 23.7 Å². The second-order valence-corrected chi connectivity index (χ2v) is 7.33. The molecule has 3 aromatic carbocycles. The predicted molar refractivity (Wildman–Crippen MR) is 126 cm³/mol. The fourth-order valence-electron chi connectivity index (χ4n) is 3.31. The molecule has 32 heavy (non-hydrogen) atoms. The third kappa shape index (κ3) is 5.30. The molecule has 3 aromatic rings. The molecule has 0 atom stereocenters. The number of hydrogen-bond acceptors (Lipinski definition) is 5. The zero-order chi connectivity index (χ0) is 23.1. The lowest BCUT2D eigenvalue weighted by Gasteiger charge is -2.13. The molecule has 0 aromatic heterocycles. The molecule has 0 aliphatic heterocycles. The van der Waals surface area contributed by atoms with Gasteiger partial charge in [-0.25, -0.2) is 0 Å². The minimum atomic E-state index is -0.130. The second-order valence-electron chi connectivity index (χ2n) is 7.33. The first-order valence-electron chi connectivity index (χ1n) is 10.3. The molecule has 0 spiro atoms. The number of benzene rings is 3. The number of aryl methyl sites for hydroxylation is 1. The number of rotatable bonds is 9. The molecular formula is C27H28O5. The lowest BCUT2D eigenvalue weighted by Crippen LogP contribution is -2.01. The van der Waals surface area contributed by atoms with Crippen LogP contribution in [0.15, 0.2) is 60.7 Å². The van der Waals surface area contributed by atoms with Crippen LogP contribution in [0.1, 0.15) is 32.6 Å². The number of methoxy groups -OCH3 is 3. The van der Waals surface area contributed by atoms with Gasteiger partial charge in [-0.2, -0.15) is 0 Å². The SMILES string of the molecule is COc1ccc(/C=C/C(=O)c2ccc(OC)c(OC)c2)cc1COc1cccc(C)c1C. The van der Waals surface area contributed by atoms with Gasteiger partial charge in [0.2, 0.25) is 0 Å². The van der Waals surface area contributed by atoms with Gasteiger partial charge in [-0.05, 0) is 73.0 Å². The van der Waals surface area contributed by atoms with Gasteiger partial charge in [-0.3, -0.25) is 4.79 Å². The van der Waals surface area contributed by atoms with E-state index in [1.807, 2.05) is 37.3 Å². The van der Waals surface area contributed by atoms with Crippen LogP contribution in [0.3, 0.4) is 0 Å². The fraction of sp³-hybridized carbons (Fsp3) is 0.222. The van der Waals surface area contributed by atoms with Crippen LogP contribution in [-0.2, 0) is 6.61 Å². The van der Waals surface area contributed by atoms with Gasteiger partial charge in [0.1, 0.15) is 18.1 Å². The van der Waals surface area contributed by atoms with Gasteiger partial charge in [-0.1, -0.05) is 24.3 Å². The second kappa shape index (κ2) is 10.5. The lowest BCUT2D eigenvalue weighted by molar-refractivity contribution is 0.104. The van der Waals surface area contributed by atoms with Gasteiger partial charge in [0.25, 0.3) is 0 Å². The standard InChI is InChI=1S/C27H28O5/c1-18-7-6-8-24(19(18)2)32-17-22-15-20(10-13-25(22)29-3)9-12-23(28)21-11-14-26(30-4)27(16-21)31-5/h6-16H,17H2,1-5H3/b12-9+. The summed E-state index contributed by atoms with van der Waals surface area (Å²) >= 11 is 0. The van der Waals surface area contributed by atoms with E-state index in [2.05, 4.69) is 13.0 Å². The van der Waals surface area contributed by atoms with E-state index in [-0.39, 0.29) is 5.78 Å². The maximum Gasteiger partial charge on any atom is 0.185 e. The van der Waals surface area contributed by atoms with Gasteiger partial charge < -0.3 is 18.9 Å². The summed E-state index contributed by atoms with van der Waals surface area (Å²) in [6.07, 6.45) is 3.32. The molecule has 0 saturated carbocycles. The van der Waals surface area contributed by atoms with Crippen molar-refractivity contribution < 1.29 is 23.7 Å². The first-order chi connectivity index (χ1) is 15.5. The number of carbonyl (C=O) groups is 1. The van der Waals surface area contributed by atoms with Crippen molar-refractivity contribution in [2.75, 3.05) is 21.3 Å². The molecule has 5 heteroatoms. The van der Waals surface area contributed by atoms with Crippen molar-refractivity contribution in [2.24, 2.45) is 0 Å². The van der Waals surface area contributed by atoms with Crippen molar-refractivity contribution in [1.29, 1.82) is 0 Å². The molecule has 0 fully saturated rings. The summed E-state index contributed by atoms with van der Waals surface area (Å²) in [5.74, 6) is 2.55.